The average Bonchev–Trinajstić information content (AvgIpc) is 2.15. The van der Waals surface area contributed by atoms with Gasteiger partial charge >= 0.3 is 5.97 Å². The minimum Gasteiger partial charge on any atom is -1.00 e. The van der Waals surface area contributed by atoms with E-state index >= 15 is 0 Å². The molecule has 0 radical (unpaired) electrons. The highest BCUT2D eigenvalue weighted by molar-refractivity contribution is 5.66. The molecule has 0 fully saturated rings. The van der Waals surface area contributed by atoms with E-state index in [1.54, 1.807) is 18.5 Å². The maximum Gasteiger partial charge on any atom is 0.325 e. The van der Waals surface area contributed by atoms with Crippen LogP contribution in [0.5, 0.6) is 0 Å². The molecule has 0 aliphatic carbocycles. The quantitative estimate of drug-likeness (QED) is 0.560. The van der Waals surface area contributed by atoms with E-state index in [1.165, 1.54) is 4.68 Å². The molecule has 0 aromatic carbocycles. The fourth-order valence-electron chi connectivity index (χ4n) is 0.533. The fourth-order valence-corrected chi connectivity index (χ4v) is 0.533. The molecular formula is C5H6BrN2O2-. The molecule has 0 bridgehead atoms. The molecule has 0 saturated heterocycles. The number of carbonyl (C=O) groups is 1. The molecule has 0 saturated carbocycles. The van der Waals surface area contributed by atoms with Gasteiger partial charge in [0.25, 0.3) is 0 Å². The van der Waals surface area contributed by atoms with Gasteiger partial charge in [0.1, 0.15) is 6.54 Å². The number of carboxylic acids is 1. The molecule has 10 heavy (non-hydrogen) atoms. The van der Waals surface area contributed by atoms with Crippen molar-refractivity contribution in [3.8, 4) is 0 Å². The van der Waals surface area contributed by atoms with E-state index in [0.29, 0.717) is 0 Å². The van der Waals surface area contributed by atoms with Crippen LogP contribution in [-0.4, -0.2) is 20.9 Å². The number of hydrogen-bond donors (Lipinski definition) is 1. The minimum absolute atomic E-state index is 0. The predicted molar refractivity (Wildman–Crippen MR) is 29.9 cm³/mol. The molecule has 0 unspecified atom stereocenters. The summed E-state index contributed by atoms with van der Waals surface area (Å²) in [5, 5.41) is 11.9. The van der Waals surface area contributed by atoms with Crippen molar-refractivity contribution >= 4 is 5.97 Å². The van der Waals surface area contributed by atoms with Crippen LogP contribution in [0.25, 0.3) is 0 Å². The average molecular weight is 206 g/mol. The molecule has 1 aromatic rings. The molecule has 1 N–H and O–H groups in total. The Balaban J connectivity index is 0.000000810. The lowest BCUT2D eigenvalue weighted by molar-refractivity contribution is -0.137. The second kappa shape index (κ2) is 4.05. The summed E-state index contributed by atoms with van der Waals surface area (Å²) in [5.41, 5.74) is 0. The zero-order valence-corrected chi connectivity index (χ0v) is 6.65. The number of aromatic nitrogens is 2. The molecule has 1 heterocycles. The molecule has 0 amide bonds. The Bertz CT molecular complexity index is 197. The fraction of sp³-hybridized carbons (Fsp3) is 0.200. The van der Waals surface area contributed by atoms with Crippen LogP contribution in [0.2, 0.25) is 0 Å². The van der Waals surface area contributed by atoms with Gasteiger partial charge in [0.05, 0.1) is 0 Å². The van der Waals surface area contributed by atoms with Gasteiger partial charge in [0, 0.05) is 12.4 Å². The first kappa shape index (κ1) is 9.16. The summed E-state index contributed by atoms with van der Waals surface area (Å²) in [6.45, 7) is -0.0625. The Hall–Kier alpha value is -0.840. The number of rotatable bonds is 2. The first-order chi connectivity index (χ1) is 4.29. The van der Waals surface area contributed by atoms with Crippen molar-refractivity contribution in [2.45, 2.75) is 6.54 Å². The summed E-state index contributed by atoms with van der Waals surface area (Å²) in [5.74, 6) is -0.876. The topological polar surface area (TPSA) is 55.1 Å². The van der Waals surface area contributed by atoms with Crippen molar-refractivity contribution in [3.05, 3.63) is 18.5 Å². The van der Waals surface area contributed by atoms with Gasteiger partial charge in [-0.3, -0.25) is 9.48 Å². The Morgan fingerprint density at radius 2 is 2.40 bits per heavy atom. The molecule has 56 valence electrons. The maximum atomic E-state index is 10.0. The normalized spacial score (nSPS) is 8.40. The summed E-state index contributed by atoms with van der Waals surface area (Å²) in [7, 11) is 0. The van der Waals surface area contributed by atoms with E-state index in [-0.39, 0.29) is 23.5 Å². The van der Waals surface area contributed by atoms with Crippen molar-refractivity contribution in [3.63, 3.8) is 0 Å². The van der Waals surface area contributed by atoms with E-state index in [2.05, 4.69) is 5.10 Å². The predicted octanol–water partition coefficient (Wildman–Crippen LogP) is -3.03. The number of halogens is 1. The van der Waals surface area contributed by atoms with E-state index in [4.69, 9.17) is 5.11 Å². The summed E-state index contributed by atoms with van der Waals surface area (Å²) in [4.78, 5) is 10.0. The Kier molecular flexibility index (Phi) is 3.71. The van der Waals surface area contributed by atoms with Crippen molar-refractivity contribution < 1.29 is 26.9 Å². The first-order valence-electron chi connectivity index (χ1n) is 2.48. The largest absolute Gasteiger partial charge is 1.00 e. The zero-order chi connectivity index (χ0) is 6.69. The van der Waals surface area contributed by atoms with Gasteiger partial charge in [0.2, 0.25) is 0 Å². The van der Waals surface area contributed by atoms with Crippen LogP contribution in [0.15, 0.2) is 18.5 Å². The van der Waals surface area contributed by atoms with E-state index in [1.807, 2.05) is 0 Å². The van der Waals surface area contributed by atoms with Gasteiger partial charge in [0.15, 0.2) is 0 Å². The van der Waals surface area contributed by atoms with Gasteiger partial charge in [-0.15, -0.1) is 0 Å². The number of hydrogen-bond acceptors (Lipinski definition) is 2. The third-order valence-corrected chi connectivity index (χ3v) is 0.856. The lowest BCUT2D eigenvalue weighted by Gasteiger charge is -1.91. The Labute approximate surface area is 68.2 Å². The summed E-state index contributed by atoms with van der Waals surface area (Å²) >= 11 is 0. The highest BCUT2D eigenvalue weighted by atomic mass is 79.9. The standard InChI is InChI=1S/C5H6N2O2.BrH/c8-5(9)4-7-3-1-2-6-7;/h1-3H,4H2,(H,8,9);1H/p-1. The van der Waals surface area contributed by atoms with Crippen molar-refractivity contribution in [2.24, 2.45) is 0 Å². The second-order valence-corrected chi connectivity index (χ2v) is 1.60. The maximum absolute atomic E-state index is 10.0. The van der Waals surface area contributed by atoms with Crippen LogP contribution in [0.4, 0.5) is 0 Å². The molecule has 0 aliphatic rings. The molecule has 4 nitrogen and oxygen atoms in total. The van der Waals surface area contributed by atoms with E-state index < -0.39 is 5.97 Å². The first-order valence-corrected chi connectivity index (χ1v) is 2.48. The smallest absolute Gasteiger partial charge is 0.325 e. The van der Waals surface area contributed by atoms with Crippen molar-refractivity contribution in [2.75, 3.05) is 0 Å². The van der Waals surface area contributed by atoms with Gasteiger partial charge in [-0.05, 0) is 6.07 Å². The zero-order valence-electron chi connectivity index (χ0n) is 5.07. The molecule has 1 aromatic heterocycles. The van der Waals surface area contributed by atoms with Gasteiger partial charge < -0.3 is 22.1 Å². The summed E-state index contributed by atoms with van der Waals surface area (Å²) in [6.07, 6.45) is 3.15. The highest BCUT2D eigenvalue weighted by Crippen LogP contribution is 1.82. The lowest BCUT2D eigenvalue weighted by Crippen LogP contribution is -3.00. The molecule has 1 rings (SSSR count). The Morgan fingerprint density at radius 1 is 1.70 bits per heavy atom. The molecule has 0 atom stereocenters. The van der Waals surface area contributed by atoms with Crippen LogP contribution >= 0.6 is 0 Å². The summed E-state index contributed by atoms with van der Waals surface area (Å²) < 4.78 is 1.35. The van der Waals surface area contributed by atoms with E-state index in [9.17, 15) is 4.79 Å². The van der Waals surface area contributed by atoms with Crippen LogP contribution in [0, 0.1) is 0 Å². The van der Waals surface area contributed by atoms with Crippen LogP contribution in [-0.2, 0) is 11.3 Å². The van der Waals surface area contributed by atoms with Gasteiger partial charge in [-0.2, -0.15) is 5.10 Å². The number of carboxylic acid groups (broad SMARTS) is 1. The number of nitrogens with zero attached hydrogens (tertiary/aromatic N) is 2. The molecule has 5 heteroatoms. The SMILES string of the molecule is O=C(O)Cn1cccn1.[Br-]. The Morgan fingerprint density at radius 3 is 2.80 bits per heavy atom. The molecular weight excluding hydrogens is 200 g/mol. The minimum atomic E-state index is -0.876. The van der Waals surface area contributed by atoms with Crippen molar-refractivity contribution in [1.29, 1.82) is 0 Å². The molecule has 0 aliphatic heterocycles. The van der Waals surface area contributed by atoms with Crippen LogP contribution < -0.4 is 17.0 Å². The third-order valence-electron chi connectivity index (χ3n) is 0.856. The van der Waals surface area contributed by atoms with E-state index in [0.717, 1.165) is 0 Å². The lowest BCUT2D eigenvalue weighted by atomic mass is 10.6. The van der Waals surface area contributed by atoms with Crippen LogP contribution in [0.3, 0.4) is 0 Å². The monoisotopic (exact) mass is 205 g/mol. The van der Waals surface area contributed by atoms with Crippen molar-refractivity contribution in [1.82, 2.24) is 9.78 Å². The van der Waals surface area contributed by atoms with Gasteiger partial charge in [-0.1, -0.05) is 0 Å². The highest BCUT2D eigenvalue weighted by Gasteiger charge is 1.95. The van der Waals surface area contributed by atoms with Crippen LogP contribution in [0.1, 0.15) is 0 Å². The second-order valence-electron chi connectivity index (χ2n) is 1.60. The van der Waals surface area contributed by atoms with Gasteiger partial charge in [-0.25, -0.2) is 0 Å². The summed E-state index contributed by atoms with van der Waals surface area (Å²) in [6, 6.07) is 1.68. The molecule has 0 spiro atoms. The number of aliphatic carboxylic acids is 1. The third kappa shape index (κ3) is 2.63.